The number of carbonyl (C=O) groups excluding carboxylic acids is 1. The molecule has 17 heavy (non-hydrogen) atoms. The van der Waals surface area contributed by atoms with Crippen molar-refractivity contribution in [3.8, 4) is 0 Å². The molecule has 6 nitrogen and oxygen atoms in total. The van der Waals surface area contributed by atoms with Crippen LogP contribution in [0.4, 0.5) is 0 Å². The van der Waals surface area contributed by atoms with Crippen LogP contribution in [0.1, 0.15) is 6.42 Å². The SMILES string of the molecule is C=CC(=O)OCC[N+](C)(C)CCCP(=O)(O)O. The number of ether oxygens (including phenoxy) is 1. The van der Waals surface area contributed by atoms with Crippen LogP contribution in [0.2, 0.25) is 0 Å². The fraction of sp³-hybridized carbons (Fsp3) is 0.700. The minimum absolute atomic E-state index is 0.110. The first-order valence-corrected chi connectivity index (χ1v) is 7.12. The lowest BCUT2D eigenvalue weighted by Gasteiger charge is -2.29. The van der Waals surface area contributed by atoms with E-state index in [1.807, 2.05) is 14.1 Å². The Morgan fingerprint density at radius 3 is 2.47 bits per heavy atom. The highest BCUT2D eigenvalue weighted by Crippen LogP contribution is 2.34. The topological polar surface area (TPSA) is 83.8 Å². The average molecular weight is 266 g/mol. The molecule has 0 aliphatic rings. The third-order valence-electron chi connectivity index (χ3n) is 2.32. The summed E-state index contributed by atoms with van der Waals surface area (Å²) >= 11 is 0. The van der Waals surface area contributed by atoms with Gasteiger partial charge in [0.05, 0.1) is 26.8 Å². The molecule has 7 heteroatoms. The highest BCUT2D eigenvalue weighted by atomic mass is 31.2. The summed E-state index contributed by atoms with van der Waals surface area (Å²) in [5.41, 5.74) is 0. The van der Waals surface area contributed by atoms with E-state index in [0.717, 1.165) is 6.08 Å². The fourth-order valence-corrected chi connectivity index (χ4v) is 1.82. The fourth-order valence-electron chi connectivity index (χ4n) is 1.27. The van der Waals surface area contributed by atoms with Gasteiger partial charge in [0, 0.05) is 12.5 Å². The normalized spacial score (nSPS) is 12.2. The Morgan fingerprint density at radius 1 is 1.41 bits per heavy atom. The number of hydrogen-bond donors (Lipinski definition) is 2. The number of hydrogen-bond acceptors (Lipinski definition) is 3. The van der Waals surface area contributed by atoms with Crippen LogP contribution in [0.15, 0.2) is 12.7 Å². The van der Waals surface area contributed by atoms with Crippen LogP contribution >= 0.6 is 7.60 Å². The van der Waals surface area contributed by atoms with E-state index in [0.29, 0.717) is 24.0 Å². The predicted molar refractivity (Wildman–Crippen MR) is 64.5 cm³/mol. The van der Waals surface area contributed by atoms with Gasteiger partial charge in [-0.15, -0.1) is 0 Å². The Balaban J connectivity index is 3.83. The van der Waals surface area contributed by atoms with Gasteiger partial charge in [-0.2, -0.15) is 0 Å². The molecule has 100 valence electrons. The van der Waals surface area contributed by atoms with Gasteiger partial charge < -0.3 is 19.0 Å². The summed E-state index contributed by atoms with van der Waals surface area (Å²) in [5, 5.41) is 0. The Morgan fingerprint density at radius 2 is 2.00 bits per heavy atom. The van der Waals surface area contributed by atoms with Gasteiger partial charge in [0.15, 0.2) is 0 Å². The van der Waals surface area contributed by atoms with Gasteiger partial charge in [0.1, 0.15) is 13.2 Å². The van der Waals surface area contributed by atoms with E-state index in [-0.39, 0.29) is 12.8 Å². The molecular weight excluding hydrogens is 245 g/mol. The number of carbonyl (C=O) groups is 1. The van der Waals surface area contributed by atoms with Gasteiger partial charge in [-0.1, -0.05) is 6.58 Å². The summed E-state index contributed by atoms with van der Waals surface area (Å²) in [5.74, 6) is -0.458. The average Bonchev–Trinajstić information content (AvgIpc) is 2.14. The number of esters is 1. The minimum Gasteiger partial charge on any atom is -0.457 e. The van der Waals surface area contributed by atoms with Crippen LogP contribution in [0.25, 0.3) is 0 Å². The molecule has 0 aliphatic carbocycles. The zero-order valence-electron chi connectivity index (χ0n) is 10.3. The maximum atomic E-state index is 10.8. The summed E-state index contributed by atoms with van der Waals surface area (Å²) < 4.78 is 16.1. The second-order valence-electron chi connectivity index (χ2n) is 4.50. The van der Waals surface area contributed by atoms with Gasteiger partial charge in [0.2, 0.25) is 0 Å². The van der Waals surface area contributed by atoms with Crippen molar-refractivity contribution < 1.29 is 28.4 Å². The van der Waals surface area contributed by atoms with Crippen LogP contribution in [-0.4, -0.2) is 60.2 Å². The second kappa shape index (κ2) is 6.91. The molecule has 2 N–H and O–H groups in total. The zero-order valence-corrected chi connectivity index (χ0v) is 11.2. The van der Waals surface area contributed by atoms with Crippen molar-refractivity contribution in [1.82, 2.24) is 0 Å². The molecule has 0 spiro atoms. The van der Waals surface area contributed by atoms with Crippen LogP contribution in [0, 0.1) is 0 Å². The third-order valence-corrected chi connectivity index (χ3v) is 3.22. The molecule has 0 rings (SSSR count). The van der Waals surface area contributed by atoms with Crippen LogP contribution in [0.3, 0.4) is 0 Å². The first-order chi connectivity index (χ1) is 7.66. The highest BCUT2D eigenvalue weighted by Gasteiger charge is 2.19. The quantitative estimate of drug-likeness (QED) is 0.287. The Bertz CT molecular complexity index is 310. The summed E-state index contributed by atoms with van der Waals surface area (Å²) in [4.78, 5) is 28.2. The van der Waals surface area contributed by atoms with Crippen molar-refractivity contribution in [3.63, 3.8) is 0 Å². The van der Waals surface area contributed by atoms with Crippen molar-refractivity contribution in [3.05, 3.63) is 12.7 Å². The van der Waals surface area contributed by atoms with Crippen molar-refractivity contribution in [2.24, 2.45) is 0 Å². The zero-order chi connectivity index (χ0) is 13.5. The molecule has 0 bridgehead atoms. The van der Waals surface area contributed by atoms with Crippen LogP contribution in [0.5, 0.6) is 0 Å². The molecule has 0 saturated heterocycles. The van der Waals surface area contributed by atoms with Gasteiger partial charge in [0.25, 0.3) is 0 Å². The van der Waals surface area contributed by atoms with Gasteiger partial charge in [-0.25, -0.2) is 4.79 Å². The molecule has 0 aromatic rings. The summed E-state index contributed by atoms with van der Waals surface area (Å²) in [6.45, 7) is 4.78. The first kappa shape index (κ1) is 16.3. The van der Waals surface area contributed by atoms with E-state index >= 15 is 0 Å². The monoisotopic (exact) mass is 266 g/mol. The van der Waals surface area contributed by atoms with Crippen LogP contribution in [-0.2, 0) is 14.1 Å². The minimum atomic E-state index is -3.91. The molecule has 0 aromatic carbocycles. The smallest absolute Gasteiger partial charge is 0.330 e. The lowest BCUT2D eigenvalue weighted by atomic mass is 10.3. The lowest BCUT2D eigenvalue weighted by Crippen LogP contribution is -2.43. The molecule has 0 radical (unpaired) electrons. The van der Waals surface area contributed by atoms with E-state index in [2.05, 4.69) is 6.58 Å². The highest BCUT2D eigenvalue weighted by molar-refractivity contribution is 7.51. The molecule has 0 saturated carbocycles. The van der Waals surface area contributed by atoms with E-state index in [9.17, 15) is 9.36 Å². The molecule has 0 fully saturated rings. The van der Waals surface area contributed by atoms with Crippen molar-refractivity contribution in [1.29, 1.82) is 0 Å². The van der Waals surface area contributed by atoms with Crippen molar-refractivity contribution in [2.75, 3.05) is 40.0 Å². The molecular formula is C10H21NO5P+. The standard InChI is InChI=1S/C10H20NO5P/c1-4-10(12)16-8-7-11(2,3)6-5-9-17(13,14)15/h4H,1,5-9H2,2-3H3,(H-,13,14,15)/p+1. The van der Waals surface area contributed by atoms with E-state index < -0.39 is 13.6 Å². The van der Waals surface area contributed by atoms with E-state index in [4.69, 9.17) is 14.5 Å². The maximum Gasteiger partial charge on any atom is 0.330 e. The van der Waals surface area contributed by atoms with Gasteiger partial charge >= 0.3 is 13.6 Å². The Hall–Kier alpha value is -0.680. The van der Waals surface area contributed by atoms with E-state index in [1.54, 1.807) is 0 Å². The maximum absolute atomic E-state index is 10.8. The summed E-state index contributed by atoms with van der Waals surface area (Å²) in [6.07, 6.45) is 1.43. The number of nitrogens with zero attached hydrogens (tertiary/aromatic N) is 1. The van der Waals surface area contributed by atoms with E-state index in [1.165, 1.54) is 0 Å². The van der Waals surface area contributed by atoms with Gasteiger partial charge in [-0.05, 0) is 0 Å². The predicted octanol–water partition coefficient (Wildman–Crippen LogP) is 0.360. The lowest BCUT2D eigenvalue weighted by molar-refractivity contribution is -0.890. The molecule has 0 amide bonds. The van der Waals surface area contributed by atoms with Crippen molar-refractivity contribution in [2.45, 2.75) is 6.42 Å². The first-order valence-electron chi connectivity index (χ1n) is 5.32. The molecule has 0 unspecified atom stereocenters. The molecule has 0 atom stereocenters. The Labute approximate surface area is 102 Å². The number of rotatable bonds is 8. The number of likely N-dealkylation sites (N-methyl/N-ethyl adjacent to an activating group) is 1. The number of quaternary nitrogens is 1. The molecule has 0 heterocycles. The van der Waals surface area contributed by atoms with Gasteiger partial charge in [-0.3, -0.25) is 4.57 Å². The van der Waals surface area contributed by atoms with Crippen molar-refractivity contribution >= 4 is 13.6 Å². The third kappa shape index (κ3) is 10.2. The largest absolute Gasteiger partial charge is 0.457 e. The summed E-state index contributed by atoms with van der Waals surface area (Å²) in [7, 11) is -0.0707. The van der Waals surface area contributed by atoms with Crippen LogP contribution < -0.4 is 0 Å². The molecule has 0 aromatic heterocycles. The summed E-state index contributed by atoms with van der Waals surface area (Å²) in [6, 6.07) is 0. The Kier molecular flexibility index (Phi) is 6.64. The molecule has 0 aliphatic heterocycles. The second-order valence-corrected chi connectivity index (χ2v) is 6.27.